The van der Waals surface area contributed by atoms with E-state index in [1.54, 1.807) is 30.3 Å². The first-order valence-electron chi connectivity index (χ1n) is 5.55. The fraction of sp³-hybridized carbons (Fsp3) is 0.0769. The molecule has 0 atom stereocenters. The molecule has 1 aromatic heterocycles. The summed E-state index contributed by atoms with van der Waals surface area (Å²) in [5.41, 5.74) is 0. The largest absolute Gasteiger partial charge is 0.482 e. The molecular weight excluding hydrogens is 323 g/mol. The number of amides is 1. The van der Waals surface area contributed by atoms with Crippen LogP contribution in [0.3, 0.4) is 0 Å². The number of pyridine rings is 1. The molecule has 1 aromatic carbocycles. The van der Waals surface area contributed by atoms with E-state index < -0.39 is 0 Å². The molecule has 0 aliphatic rings. The van der Waals surface area contributed by atoms with Crippen molar-refractivity contribution in [2.24, 2.45) is 0 Å². The van der Waals surface area contributed by atoms with Gasteiger partial charge in [0.15, 0.2) is 6.61 Å². The summed E-state index contributed by atoms with van der Waals surface area (Å²) in [6, 6.07) is 9.67. The smallest absolute Gasteiger partial charge is 0.263 e. The molecule has 4 nitrogen and oxygen atoms in total. The molecule has 0 saturated carbocycles. The van der Waals surface area contributed by atoms with Crippen LogP contribution in [0, 0.1) is 0 Å². The maximum absolute atomic E-state index is 11.7. The zero-order chi connectivity index (χ0) is 14.5. The van der Waals surface area contributed by atoms with Crippen molar-refractivity contribution in [1.82, 2.24) is 4.98 Å². The van der Waals surface area contributed by atoms with Crippen molar-refractivity contribution < 1.29 is 9.53 Å². The standard InChI is InChI=1S/C13H9Cl3N2O2/c14-8-4-5-10(9(15)6-8)20-7-13(19)18-12-3-1-2-11(16)17-12/h1-6H,7H2,(H,17,18,19). The minimum Gasteiger partial charge on any atom is -0.482 e. The van der Waals surface area contributed by atoms with E-state index in [1.807, 2.05) is 0 Å². The first-order chi connectivity index (χ1) is 9.54. The third-order valence-electron chi connectivity index (χ3n) is 2.24. The highest BCUT2D eigenvalue weighted by molar-refractivity contribution is 6.35. The van der Waals surface area contributed by atoms with Crippen LogP contribution >= 0.6 is 34.8 Å². The number of carbonyl (C=O) groups is 1. The van der Waals surface area contributed by atoms with Crippen molar-refractivity contribution in [3.05, 3.63) is 51.6 Å². The topological polar surface area (TPSA) is 51.2 Å². The molecule has 0 unspecified atom stereocenters. The quantitative estimate of drug-likeness (QED) is 0.860. The van der Waals surface area contributed by atoms with E-state index >= 15 is 0 Å². The summed E-state index contributed by atoms with van der Waals surface area (Å²) < 4.78 is 5.29. The van der Waals surface area contributed by atoms with Gasteiger partial charge in [0.05, 0.1) is 5.02 Å². The highest BCUT2D eigenvalue weighted by Crippen LogP contribution is 2.27. The molecule has 0 spiro atoms. The summed E-state index contributed by atoms with van der Waals surface area (Å²) in [6.45, 7) is -0.199. The molecule has 1 N–H and O–H groups in total. The van der Waals surface area contributed by atoms with Crippen molar-refractivity contribution in [1.29, 1.82) is 0 Å². The van der Waals surface area contributed by atoms with Gasteiger partial charge in [-0.05, 0) is 30.3 Å². The van der Waals surface area contributed by atoms with E-state index in [0.29, 0.717) is 26.8 Å². The van der Waals surface area contributed by atoms with E-state index in [0.717, 1.165) is 0 Å². The van der Waals surface area contributed by atoms with E-state index in [1.165, 1.54) is 6.07 Å². The number of nitrogens with one attached hydrogen (secondary N) is 1. The lowest BCUT2D eigenvalue weighted by atomic mass is 10.3. The summed E-state index contributed by atoms with van der Waals surface area (Å²) in [7, 11) is 0. The van der Waals surface area contributed by atoms with Crippen LogP contribution in [0.4, 0.5) is 5.82 Å². The van der Waals surface area contributed by atoms with Gasteiger partial charge in [-0.3, -0.25) is 4.79 Å². The fourth-order valence-electron chi connectivity index (χ4n) is 1.39. The highest BCUT2D eigenvalue weighted by atomic mass is 35.5. The predicted molar refractivity (Wildman–Crippen MR) is 79.8 cm³/mol. The Hall–Kier alpha value is -1.49. The van der Waals surface area contributed by atoms with Gasteiger partial charge >= 0.3 is 0 Å². The zero-order valence-corrected chi connectivity index (χ0v) is 12.3. The maximum atomic E-state index is 11.7. The van der Waals surface area contributed by atoms with Gasteiger partial charge in [-0.25, -0.2) is 4.98 Å². The Morgan fingerprint density at radius 1 is 1.20 bits per heavy atom. The molecule has 2 rings (SSSR count). The van der Waals surface area contributed by atoms with Crippen LogP contribution in [0.15, 0.2) is 36.4 Å². The summed E-state index contributed by atoms with van der Waals surface area (Å²) in [5, 5.41) is 3.69. The van der Waals surface area contributed by atoms with Gasteiger partial charge in [0, 0.05) is 5.02 Å². The number of rotatable bonds is 4. The van der Waals surface area contributed by atoms with Crippen molar-refractivity contribution >= 4 is 46.5 Å². The molecule has 0 aliphatic heterocycles. The molecule has 0 fully saturated rings. The molecule has 104 valence electrons. The molecule has 1 amide bonds. The van der Waals surface area contributed by atoms with Crippen molar-refractivity contribution in [2.75, 3.05) is 11.9 Å². The molecule has 1 heterocycles. The number of aromatic nitrogens is 1. The molecule has 0 radical (unpaired) electrons. The molecule has 2 aromatic rings. The van der Waals surface area contributed by atoms with Crippen molar-refractivity contribution in [3.8, 4) is 5.75 Å². The predicted octanol–water partition coefficient (Wildman–Crippen LogP) is 4.06. The summed E-state index contributed by atoms with van der Waals surface area (Å²) in [4.78, 5) is 15.6. The van der Waals surface area contributed by atoms with Crippen LogP contribution in [0.2, 0.25) is 15.2 Å². The third-order valence-corrected chi connectivity index (χ3v) is 2.98. The number of nitrogens with zero attached hydrogens (tertiary/aromatic N) is 1. The number of benzene rings is 1. The first kappa shape index (κ1) is 14.9. The summed E-state index contributed by atoms with van der Waals surface area (Å²) >= 11 is 17.4. The average Bonchev–Trinajstić information content (AvgIpc) is 2.37. The minimum atomic E-state index is -0.370. The van der Waals surface area contributed by atoms with Gasteiger partial charge in [0.2, 0.25) is 0 Å². The van der Waals surface area contributed by atoms with Crippen LogP contribution in [0.5, 0.6) is 5.75 Å². The number of anilines is 1. The first-order valence-corrected chi connectivity index (χ1v) is 6.68. The Morgan fingerprint density at radius 2 is 2.00 bits per heavy atom. The number of hydrogen-bond donors (Lipinski definition) is 1. The third kappa shape index (κ3) is 4.27. The minimum absolute atomic E-state index is 0.199. The number of carbonyl (C=O) groups excluding carboxylic acids is 1. The number of halogens is 3. The van der Waals surface area contributed by atoms with Gasteiger partial charge in [0.25, 0.3) is 5.91 Å². The molecular formula is C13H9Cl3N2O2. The zero-order valence-electron chi connectivity index (χ0n) is 10.1. The number of ether oxygens (including phenoxy) is 1. The SMILES string of the molecule is O=C(COc1ccc(Cl)cc1Cl)Nc1cccc(Cl)n1. The molecule has 0 saturated heterocycles. The highest BCUT2D eigenvalue weighted by Gasteiger charge is 2.07. The monoisotopic (exact) mass is 330 g/mol. The second-order valence-corrected chi connectivity index (χ2v) is 4.99. The van der Waals surface area contributed by atoms with Crippen molar-refractivity contribution in [3.63, 3.8) is 0 Å². The lowest BCUT2D eigenvalue weighted by molar-refractivity contribution is -0.118. The Kier molecular flexibility index (Phi) is 5.06. The van der Waals surface area contributed by atoms with Gasteiger partial charge in [-0.2, -0.15) is 0 Å². The fourth-order valence-corrected chi connectivity index (χ4v) is 2.02. The average molecular weight is 332 g/mol. The van der Waals surface area contributed by atoms with Crippen LogP contribution in [0.1, 0.15) is 0 Å². The second-order valence-electron chi connectivity index (χ2n) is 3.76. The van der Waals surface area contributed by atoms with Crippen LogP contribution in [-0.2, 0) is 4.79 Å². The molecule has 20 heavy (non-hydrogen) atoms. The normalized spacial score (nSPS) is 10.2. The van der Waals surface area contributed by atoms with Crippen LogP contribution in [-0.4, -0.2) is 17.5 Å². The van der Waals surface area contributed by atoms with Gasteiger partial charge in [0.1, 0.15) is 16.7 Å². The van der Waals surface area contributed by atoms with Crippen LogP contribution in [0.25, 0.3) is 0 Å². The van der Waals surface area contributed by atoms with E-state index in [-0.39, 0.29) is 12.5 Å². The Morgan fingerprint density at radius 3 is 2.70 bits per heavy atom. The Bertz CT molecular complexity index is 635. The van der Waals surface area contributed by atoms with Crippen molar-refractivity contribution in [2.45, 2.75) is 0 Å². The van der Waals surface area contributed by atoms with E-state index in [9.17, 15) is 4.79 Å². The lowest BCUT2D eigenvalue weighted by Crippen LogP contribution is -2.20. The van der Waals surface area contributed by atoms with Gasteiger partial charge in [-0.1, -0.05) is 40.9 Å². The van der Waals surface area contributed by atoms with E-state index in [4.69, 9.17) is 39.5 Å². The van der Waals surface area contributed by atoms with E-state index in [2.05, 4.69) is 10.3 Å². The molecule has 0 aliphatic carbocycles. The molecule has 0 bridgehead atoms. The maximum Gasteiger partial charge on any atom is 0.263 e. The second kappa shape index (κ2) is 6.79. The van der Waals surface area contributed by atoms with Gasteiger partial charge in [-0.15, -0.1) is 0 Å². The Labute approximate surface area is 130 Å². The summed E-state index contributed by atoms with van der Waals surface area (Å²) in [5.74, 6) is 0.365. The lowest BCUT2D eigenvalue weighted by Gasteiger charge is -2.08. The number of hydrogen-bond acceptors (Lipinski definition) is 3. The Balaban J connectivity index is 1.92. The van der Waals surface area contributed by atoms with Gasteiger partial charge < -0.3 is 10.1 Å². The molecule has 7 heteroatoms. The van der Waals surface area contributed by atoms with Crippen LogP contribution < -0.4 is 10.1 Å². The summed E-state index contributed by atoms with van der Waals surface area (Å²) in [6.07, 6.45) is 0.